The predicted octanol–water partition coefficient (Wildman–Crippen LogP) is 0.147. The second-order valence-corrected chi connectivity index (χ2v) is 5.68. The Morgan fingerprint density at radius 2 is 2.11 bits per heavy atom. The zero-order chi connectivity index (χ0) is 14.3. The SMILES string of the molecule is CC[C@H](O)CN(C)CC1CCN(CC(=O)NC)CC1. The van der Waals surface area contributed by atoms with Crippen LogP contribution in [-0.4, -0.2) is 73.7 Å². The molecule has 112 valence electrons. The summed E-state index contributed by atoms with van der Waals surface area (Å²) in [6.45, 7) is 6.34. The smallest absolute Gasteiger partial charge is 0.233 e. The van der Waals surface area contributed by atoms with E-state index < -0.39 is 0 Å². The molecule has 1 amide bonds. The van der Waals surface area contributed by atoms with Gasteiger partial charge in [-0.15, -0.1) is 0 Å². The van der Waals surface area contributed by atoms with Gasteiger partial charge in [0.2, 0.25) is 5.91 Å². The van der Waals surface area contributed by atoms with Gasteiger partial charge < -0.3 is 15.3 Å². The first-order valence-corrected chi connectivity index (χ1v) is 7.34. The van der Waals surface area contributed by atoms with Crippen molar-refractivity contribution in [1.29, 1.82) is 0 Å². The van der Waals surface area contributed by atoms with E-state index in [9.17, 15) is 9.90 Å². The molecule has 1 atom stereocenters. The molecule has 0 bridgehead atoms. The third kappa shape index (κ3) is 6.36. The second kappa shape index (κ2) is 8.51. The molecule has 19 heavy (non-hydrogen) atoms. The summed E-state index contributed by atoms with van der Waals surface area (Å²) in [6.07, 6.45) is 2.89. The van der Waals surface area contributed by atoms with Crippen molar-refractivity contribution < 1.29 is 9.90 Å². The highest BCUT2D eigenvalue weighted by Gasteiger charge is 2.21. The van der Waals surface area contributed by atoms with E-state index in [1.165, 1.54) is 0 Å². The molecule has 1 aliphatic heterocycles. The molecule has 0 aromatic carbocycles. The number of likely N-dealkylation sites (tertiary alicyclic amines) is 1. The van der Waals surface area contributed by atoms with Gasteiger partial charge in [-0.2, -0.15) is 0 Å². The number of nitrogens with zero attached hydrogens (tertiary/aromatic N) is 2. The standard InChI is InChI=1S/C14H29N3O2/c1-4-13(18)10-16(3)9-12-5-7-17(8-6-12)11-14(19)15-2/h12-13,18H,4-11H2,1-3H3,(H,15,19)/t13-/m0/s1. The molecule has 2 N–H and O–H groups in total. The van der Waals surface area contributed by atoms with Gasteiger partial charge >= 0.3 is 0 Å². The highest BCUT2D eigenvalue weighted by atomic mass is 16.3. The van der Waals surface area contributed by atoms with Gasteiger partial charge in [-0.05, 0) is 45.3 Å². The highest BCUT2D eigenvalue weighted by Crippen LogP contribution is 2.17. The fourth-order valence-corrected chi connectivity index (χ4v) is 2.61. The van der Waals surface area contributed by atoms with Crippen LogP contribution >= 0.6 is 0 Å². The minimum atomic E-state index is -0.210. The first-order chi connectivity index (χ1) is 9.05. The Bertz CT molecular complexity index is 265. The van der Waals surface area contributed by atoms with Crippen LogP contribution in [0.4, 0.5) is 0 Å². The van der Waals surface area contributed by atoms with Crippen molar-refractivity contribution in [2.75, 3.05) is 46.8 Å². The third-order valence-corrected chi connectivity index (χ3v) is 3.92. The number of amides is 1. The summed E-state index contributed by atoms with van der Waals surface area (Å²) in [5, 5.41) is 12.3. The Kier molecular flexibility index (Phi) is 7.34. The maximum atomic E-state index is 11.3. The summed E-state index contributed by atoms with van der Waals surface area (Å²) in [4.78, 5) is 15.8. The number of carbonyl (C=O) groups is 1. The van der Waals surface area contributed by atoms with Gasteiger partial charge in [0, 0.05) is 20.1 Å². The van der Waals surface area contributed by atoms with Crippen LogP contribution in [0.2, 0.25) is 0 Å². The molecule has 0 saturated carbocycles. The molecule has 1 aliphatic rings. The Balaban J connectivity index is 2.20. The molecular formula is C14H29N3O2. The van der Waals surface area contributed by atoms with Crippen molar-refractivity contribution >= 4 is 5.91 Å². The lowest BCUT2D eigenvalue weighted by Crippen LogP contribution is -2.43. The monoisotopic (exact) mass is 271 g/mol. The zero-order valence-electron chi connectivity index (χ0n) is 12.6. The van der Waals surface area contributed by atoms with Crippen molar-refractivity contribution in [2.24, 2.45) is 5.92 Å². The zero-order valence-corrected chi connectivity index (χ0v) is 12.6. The molecule has 1 fully saturated rings. The van der Waals surface area contributed by atoms with Crippen molar-refractivity contribution in [3.05, 3.63) is 0 Å². The number of aliphatic hydroxyl groups is 1. The number of aliphatic hydroxyl groups excluding tert-OH is 1. The predicted molar refractivity (Wildman–Crippen MR) is 77.0 cm³/mol. The Labute approximate surface area is 117 Å². The first-order valence-electron chi connectivity index (χ1n) is 7.34. The van der Waals surface area contributed by atoms with Crippen LogP contribution in [0.1, 0.15) is 26.2 Å². The van der Waals surface area contributed by atoms with Crippen LogP contribution in [0.5, 0.6) is 0 Å². The minimum absolute atomic E-state index is 0.0987. The lowest BCUT2D eigenvalue weighted by Gasteiger charge is -2.33. The van der Waals surface area contributed by atoms with Crippen LogP contribution in [0, 0.1) is 5.92 Å². The van der Waals surface area contributed by atoms with E-state index in [0.29, 0.717) is 12.5 Å². The van der Waals surface area contributed by atoms with E-state index in [-0.39, 0.29) is 12.0 Å². The molecule has 1 rings (SSSR count). The average Bonchev–Trinajstić information content (AvgIpc) is 2.40. The topological polar surface area (TPSA) is 55.8 Å². The van der Waals surface area contributed by atoms with Crippen molar-refractivity contribution in [1.82, 2.24) is 15.1 Å². The fraction of sp³-hybridized carbons (Fsp3) is 0.929. The molecule has 0 aliphatic carbocycles. The number of hydrogen-bond donors (Lipinski definition) is 2. The number of likely N-dealkylation sites (N-methyl/N-ethyl adjacent to an activating group) is 2. The summed E-state index contributed by atoms with van der Waals surface area (Å²) in [7, 11) is 3.76. The Morgan fingerprint density at radius 3 is 2.63 bits per heavy atom. The van der Waals surface area contributed by atoms with E-state index in [4.69, 9.17) is 0 Å². The molecule has 0 spiro atoms. The van der Waals surface area contributed by atoms with Crippen molar-refractivity contribution in [2.45, 2.75) is 32.3 Å². The summed E-state index contributed by atoms with van der Waals surface area (Å²) in [5.74, 6) is 0.789. The van der Waals surface area contributed by atoms with E-state index in [1.54, 1.807) is 7.05 Å². The normalized spacial score (nSPS) is 19.6. The quantitative estimate of drug-likeness (QED) is 0.692. The van der Waals surface area contributed by atoms with Crippen molar-refractivity contribution in [3.8, 4) is 0 Å². The van der Waals surface area contributed by atoms with Crippen LogP contribution in [0.3, 0.4) is 0 Å². The summed E-state index contributed by atoms with van der Waals surface area (Å²) in [6, 6.07) is 0. The average molecular weight is 271 g/mol. The molecule has 1 saturated heterocycles. The van der Waals surface area contributed by atoms with Crippen LogP contribution in [0.15, 0.2) is 0 Å². The van der Waals surface area contributed by atoms with Gasteiger partial charge in [0.25, 0.3) is 0 Å². The number of carbonyl (C=O) groups excluding carboxylic acids is 1. The largest absolute Gasteiger partial charge is 0.392 e. The third-order valence-electron chi connectivity index (χ3n) is 3.92. The van der Waals surface area contributed by atoms with E-state index in [0.717, 1.165) is 45.4 Å². The lowest BCUT2D eigenvalue weighted by molar-refractivity contribution is -0.122. The van der Waals surface area contributed by atoms with Crippen LogP contribution in [-0.2, 0) is 4.79 Å². The molecule has 1 heterocycles. The maximum Gasteiger partial charge on any atom is 0.233 e. The number of hydrogen-bond acceptors (Lipinski definition) is 4. The molecule has 0 radical (unpaired) electrons. The molecular weight excluding hydrogens is 242 g/mol. The van der Waals surface area contributed by atoms with Gasteiger partial charge in [-0.3, -0.25) is 9.69 Å². The summed E-state index contributed by atoms with van der Waals surface area (Å²) >= 11 is 0. The van der Waals surface area contributed by atoms with Gasteiger partial charge in [0.1, 0.15) is 0 Å². The van der Waals surface area contributed by atoms with Crippen LogP contribution < -0.4 is 5.32 Å². The maximum absolute atomic E-state index is 11.3. The first kappa shape index (κ1) is 16.4. The van der Waals surface area contributed by atoms with Gasteiger partial charge in [0.05, 0.1) is 12.6 Å². The number of nitrogens with one attached hydrogen (secondary N) is 1. The summed E-state index contributed by atoms with van der Waals surface area (Å²) in [5.41, 5.74) is 0. The molecule has 0 aromatic rings. The number of piperidine rings is 1. The lowest BCUT2D eigenvalue weighted by atomic mass is 9.96. The molecule has 5 nitrogen and oxygen atoms in total. The molecule has 0 aromatic heterocycles. The van der Waals surface area contributed by atoms with E-state index >= 15 is 0 Å². The van der Waals surface area contributed by atoms with Crippen molar-refractivity contribution in [3.63, 3.8) is 0 Å². The minimum Gasteiger partial charge on any atom is -0.392 e. The van der Waals surface area contributed by atoms with Gasteiger partial charge in [0.15, 0.2) is 0 Å². The van der Waals surface area contributed by atoms with E-state index in [1.807, 2.05) is 6.92 Å². The molecule has 5 heteroatoms. The van der Waals surface area contributed by atoms with Crippen LogP contribution in [0.25, 0.3) is 0 Å². The molecule has 0 unspecified atom stereocenters. The number of rotatable bonds is 7. The Hall–Kier alpha value is -0.650. The summed E-state index contributed by atoms with van der Waals surface area (Å²) < 4.78 is 0. The van der Waals surface area contributed by atoms with E-state index in [2.05, 4.69) is 22.2 Å². The fourth-order valence-electron chi connectivity index (χ4n) is 2.61. The van der Waals surface area contributed by atoms with Gasteiger partial charge in [-0.1, -0.05) is 6.92 Å². The second-order valence-electron chi connectivity index (χ2n) is 5.68. The Morgan fingerprint density at radius 1 is 1.47 bits per heavy atom. The highest BCUT2D eigenvalue weighted by molar-refractivity contribution is 5.77. The van der Waals surface area contributed by atoms with Gasteiger partial charge in [-0.25, -0.2) is 0 Å².